The molecular formula is C19H19N3O3S. The van der Waals surface area contributed by atoms with Crippen molar-refractivity contribution in [3.8, 4) is 0 Å². The van der Waals surface area contributed by atoms with Crippen molar-refractivity contribution in [2.45, 2.75) is 30.7 Å². The number of rotatable bonds is 2. The van der Waals surface area contributed by atoms with Gasteiger partial charge in [-0.2, -0.15) is 0 Å². The van der Waals surface area contributed by atoms with Crippen molar-refractivity contribution in [1.29, 1.82) is 0 Å². The highest BCUT2D eigenvalue weighted by atomic mass is 32.2. The van der Waals surface area contributed by atoms with Crippen LogP contribution in [0.25, 0.3) is 0 Å². The van der Waals surface area contributed by atoms with Gasteiger partial charge in [-0.1, -0.05) is 30.3 Å². The van der Waals surface area contributed by atoms with Crippen LogP contribution < -0.4 is 9.62 Å². The summed E-state index contributed by atoms with van der Waals surface area (Å²) in [7, 11) is -3.59. The highest BCUT2D eigenvalue weighted by Crippen LogP contribution is 2.30. The molecule has 2 aromatic rings. The molecule has 2 heterocycles. The minimum absolute atomic E-state index is 0.0881. The molecule has 0 spiro atoms. The van der Waals surface area contributed by atoms with Crippen LogP contribution in [0.15, 0.2) is 58.4 Å². The van der Waals surface area contributed by atoms with Gasteiger partial charge in [0.25, 0.3) is 10.0 Å². The number of fused-ring (bicyclic) bond motifs is 2. The van der Waals surface area contributed by atoms with Gasteiger partial charge in [-0.15, -0.1) is 0 Å². The lowest BCUT2D eigenvalue weighted by Gasteiger charge is -2.35. The van der Waals surface area contributed by atoms with Gasteiger partial charge in [0.05, 0.1) is 4.90 Å². The van der Waals surface area contributed by atoms with Crippen molar-refractivity contribution in [3.05, 3.63) is 59.7 Å². The van der Waals surface area contributed by atoms with E-state index in [0.717, 1.165) is 24.1 Å². The lowest BCUT2D eigenvalue weighted by Crippen LogP contribution is -2.43. The second-order valence-corrected chi connectivity index (χ2v) is 8.20. The number of para-hydroxylation sites is 1. The molecule has 2 aliphatic heterocycles. The zero-order valence-electron chi connectivity index (χ0n) is 14.3. The number of anilines is 1. The number of benzene rings is 2. The van der Waals surface area contributed by atoms with Crippen LogP contribution in [-0.2, 0) is 21.2 Å². The molecule has 0 aromatic heterocycles. The first-order valence-corrected chi connectivity index (χ1v) is 10.0. The molecule has 0 saturated carbocycles. The molecule has 1 atom stereocenters. The van der Waals surface area contributed by atoms with Crippen LogP contribution in [0, 0.1) is 0 Å². The molecule has 0 saturated heterocycles. The summed E-state index contributed by atoms with van der Waals surface area (Å²) in [4.78, 5) is 19.1. The Hall–Kier alpha value is -2.67. The van der Waals surface area contributed by atoms with Gasteiger partial charge in [0.15, 0.2) is 0 Å². The highest BCUT2D eigenvalue weighted by Gasteiger charge is 2.31. The molecule has 6 nitrogen and oxygen atoms in total. The van der Waals surface area contributed by atoms with Gasteiger partial charge in [0, 0.05) is 17.3 Å². The molecule has 2 aromatic carbocycles. The molecule has 7 heteroatoms. The van der Waals surface area contributed by atoms with Crippen LogP contribution in [0.1, 0.15) is 24.5 Å². The first-order chi connectivity index (χ1) is 12.5. The lowest BCUT2D eigenvalue weighted by atomic mass is 9.96. The quantitative estimate of drug-likeness (QED) is 0.880. The van der Waals surface area contributed by atoms with Gasteiger partial charge >= 0.3 is 0 Å². The van der Waals surface area contributed by atoms with E-state index < -0.39 is 10.0 Å². The molecule has 134 valence electrons. The SMILES string of the molecule is C[C@@H]1CCc2ccccc2N1C(=O)CN=C1NS(=O)(=O)c2ccccc21. The molecule has 1 amide bonds. The average Bonchev–Trinajstić information content (AvgIpc) is 2.90. The van der Waals surface area contributed by atoms with Crippen molar-refractivity contribution in [1.82, 2.24) is 4.72 Å². The lowest BCUT2D eigenvalue weighted by molar-refractivity contribution is -0.117. The van der Waals surface area contributed by atoms with Crippen LogP contribution in [0.3, 0.4) is 0 Å². The number of amides is 1. The standard InChI is InChI=1S/C19H19N3O3S/c1-13-10-11-14-6-2-4-8-16(14)22(13)18(23)12-20-19-15-7-3-5-9-17(15)26(24,25)21-19/h2-9,13H,10-12H2,1H3,(H,20,21)/t13-/m1/s1. The van der Waals surface area contributed by atoms with Crippen molar-refractivity contribution in [2.24, 2.45) is 4.99 Å². The first-order valence-electron chi connectivity index (χ1n) is 8.54. The smallest absolute Gasteiger partial charge is 0.263 e. The van der Waals surface area contributed by atoms with Gasteiger partial charge < -0.3 is 4.90 Å². The Morgan fingerprint density at radius 2 is 1.92 bits per heavy atom. The number of amidine groups is 1. The van der Waals surface area contributed by atoms with E-state index in [1.165, 1.54) is 6.07 Å². The molecule has 0 unspecified atom stereocenters. The van der Waals surface area contributed by atoms with Crippen LogP contribution >= 0.6 is 0 Å². The first kappa shape index (κ1) is 16.8. The zero-order chi connectivity index (χ0) is 18.3. The van der Waals surface area contributed by atoms with E-state index in [9.17, 15) is 13.2 Å². The largest absolute Gasteiger partial charge is 0.308 e. The molecular weight excluding hydrogens is 350 g/mol. The Morgan fingerprint density at radius 3 is 2.77 bits per heavy atom. The third-order valence-electron chi connectivity index (χ3n) is 4.83. The molecule has 0 aliphatic carbocycles. The Bertz CT molecular complexity index is 1010. The summed E-state index contributed by atoms with van der Waals surface area (Å²) in [6.07, 6.45) is 1.84. The molecule has 2 aliphatic rings. The van der Waals surface area contributed by atoms with Gasteiger partial charge in [-0.3, -0.25) is 14.5 Å². The Kier molecular flexibility index (Phi) is 4.03. The molecule has 0 bridgehead atoms. The maximum absolute atomic E-state index is 12.8. The predicted molar refractivity (Wildman–Crippen MR) is 99.9 cm³/mol. The number of nitrogens with zero attached hydrogens (tertiary/aromatic N) is 2. The molecule has 26 heavy (non-hydrogen) atoms. The number of hydrogen-bond acceptors (Lipinski definition) is 4. The summed E-state index contributed by atoms with van der Waals surface area (Å²) in [5.74, 6) is 0.0904. The topological polar surface area (TPSA) is 78.8 Å². The highest BCUT2D eigenvalue weighted by molar-refractivity contribution is 7.90. The molecule has 1 N–H and O–H groups in total. The fourth-order valence-electron chi connectivity index (χ4n) is 3.54. The average molecular weight is 369 g/mol. The number of sulfonamides is 1. The second-order valence-electron chi connectivity index (χ2n) is 6.55. The van der Waals surface area contributed by atoms with Gasteiger partial charge in [0.2, 0.25) is 5.91 Å². The van der Waals surface area contributed by atoms with Crippen molar-refractivity contribution in [3.63, 3.8) is 0 Å². The molecule has 0 fully saturated rings. The zero-order valence-corrected chi connectivity index (χ0v) is 15.2. The van der Waals surface area contributed by atoms with Crippen LogP contribution in [0.2, 0.25) is 0 Å². The van der Waals surface area contributed by atoms with Crippen molar-refractivity contribution in [2.75, 3.05) is 11.4 Å². The molecule has 0 radical (unpaired) electrons. The minimum Gasteiger partial charge on any atom is -0.308 e. The third kappa shape index (κ3) is 2.78. The van der Waals surface area contributed by atoms with Crippen LogP contribution in [0.4, 0.5) is 5.69 Å². The minimum atomic E-state index is -3.59. The van der Waals surface area contributed by atoms with Gasteiger partial charge in [-0.05, 0) is 43.5 Å². The summed E-state index contributed by atoms with van der Waals surface area (Å²) in [5, 5.41) is 0. The number of hydrogen-bond donors (Lipinski definition) is 1. The van der Waals surface area contributed by atoms with Crippen molar-refractivity contribution >= 4 is 27.5 Å². The summed E-state index contributed by atoms with van der Waals surface area (Å²) in [5.41, 5.74) is 2.58. The number of aryl methyl sites for hydroxylation is 1. The van der Waals surface area contributed by atoms with E-state index in [2.05, 4.69) is 9.71 Å². The Morgan fingerprint density at radius 1 is 1.19 bits per heavy atom. The summed E-state index contributed by atoms with van der Waals surface area (Å²) >= 11 is 0. The van der Waals surface area contributed by atoms with E-state index in [0.29, 0.717) is 5.56 Å². The van der Waals surface area contributed by atoms with Crippen molar-refractivity contribution < 1.29 is 13.2 Å². The maximum atomic E-state index is 12.8. The molecule has 4 rings (SSSR count). The fraction of sp³-hybridized carbons (Fsp3) is 0.263. The van der Waals surface area contributed by atoms with Crippen LogP contribution in [-0.4, -0.2) is 32.7 Å². The fourth-order valence-corrected chi connectivity index (χ4v) is 4.79. The van der Waals surface area contributed by atoms with Gasteiger partial charge in [0.1, 0.15) is 12.4 Å². The van der Waals surface area contributed by atoms with E-state index in [1.807, 2.05) is 31.2 Å². The third-order valence-corrected chi connectivity index (χ3v) is 6.22. The van der Waals surface area contributed by atoms with E-state index in [4.69, 9.17) is 0 Å². The predicted octanol–water partition coefficient (Wildman–Crippen LogP) is 2.09. The number of nitrogens with one attached hydrogen (secondary N) is 1. The second kappa shape index (κ2) is 6.25. The maximum Gasteiger partial charge on any atom is 0.263 e. The monoisotopic (exact) mass is 369 g/mol. The summed E-state index contributed by atoms with van der Waals surface area (Å²) < 4.78 is 26.7. The van der Waals surface area contributed by atoms with E-state index in [-0.39, 0.29) is 29.2 Å². The summed E-state index contributed by atoms with van der Waals surface area (Å²) in [6, 6.07) is 14.6. The van der Waals surface area contributed by atoms with Crippen LogP contribution in [0.5, 0.6) is 0 Å². The van der Waals surface area contributed by atoms with Gasteiger partial charge in [-0.25, -0.2) is 8.42 Å². The number of aliphatic imine (C=N–C) groups is 1. The Labute approximate surface area is 152 Å². The summed E-state index contributed by atoms with van der Waals surface area (Å²) in [6.45, 7) is 1.92. The van der Waals surface area contributed by atoms with E-state index in [1.54, 1.807) is 23.1 Å². The Balaban J connectivity index is 1.62. The number of carbonyl (C=O) groups excluding carboxylic acids is 1. The van der Waals surface area contributed by atoms with E-state index >= 15 is 0 Å². The number of carbonyl (C=O) groups is 1. The normalized spacial score (nSPS) is 21.8.